The van der Waals surface area contributed by atoms with Crippen LogP contribution in [0, 0.1) is 0 Å². The predicted octanol–water partition coefficient (Wildman–Crippen LogP) is 2.59. The van der Waals surface area contributed by atoms with E-state index in [1.54, 1.807) is 0 Å². The van der Waals surface area contributed by atoms with E-state index in [4.69, 9.17) is 0 Å². The minimum Gasteiger partial charge on any atom is -0.539 e. The van der Waals surface area contributed by atoms with Gasteiger partial charge in [0, 0.05) is 18.6 Å². The number of benzene rings is 2. The van der Waals surface area contributed by atoms with Crippen LogP contribution < -0.4 is 15.2 Å². The summed E-state index contributed by atoms with van der Waals surface area (Å²) >= 11 is 0. The van der Waals surface area contributed by atoms with Gasteiger partial charge in [0.1, 0.15) is 5.95 Å². The molecule has 2 heterocycles. The third-order valence-corrected chi connectivity index (χ3v) is 4.67. The highest BCUT2D eigenvalue weighted by Crippen LogP contribution is 2.26. The van der Waals surface area contributed by atoms with Crippen LogP contribution in [0.2, 0.25) is 0 Å². The van der Waals surface area contributed by atoms with Crippen molar-refractivity contribution < 1.29 is 14.3 Å². The number of hydrogen-bond acceptors (Lipinski definition) is 5. The molecule has 1 aliphatic heterocycles. The van der Waals surface area contributed by atoms with E-state index in [2.05, 4.69) is 58.4 Å². The van der Waals surface area contributed by atoms with Gasteiger partial charge >= 0.3 is 0 Å². The molecule has 0 fully saturated rings. The van der Waals surface area contributed by atoms with Gasteiger partial charge in [-0.05, 0) is 39.4 Å². The summed E-state index contributed by atoms with van der Waals surface area (Å²) in [5.41, 5.74) is 8.66. The topological polar surface area (TPSA) is 77.4 Å². The van der Waals surface area contributed by atoms with Crippen LogP contribution in [-0.4, -0.2) is 11.0 Å². The van der Waals surface area contributed by atoms with Crippen LogP contribution in [0.3, 0.4) is 0 Å². The third-order valence-electron chi connectivity index (χ3n) is 4.67. The van der Waals surface area contributed by atoms with Gasteiger partial charge in [0.25, 0.3) is 0 Å². The molecule has 0 amide bonds. The molecule has 1 atom stereocenters. The van der Waals surface area contributed by atoms with Crippen molar-refractivity contribution in [2.75, 3.05) is 0 Å². The van der Waals surface area contributed by atoms with Crippen LogP contribution >= 0.6 is 0 Å². The lowest BCUT2D eigenvalue weighted by atomic mass is 9.96. The maximum atomic E-state index is 11.1. The highest BCUT2D eigenvalue weighted by Gasteiger charge is 2.21. The standard InChI is InChI=1S/C20H20N4O2/c1-13(2)14-3-5-15(6-4-14)18-11-19(22-21-18)16-7-9-17(10-8-16)24-12-20(25)26-23-24/h3-10,12-13,18H,11H2,1-2H3,(H-,21,23,25). The highest BCUT2D eigenvalue weighted by molar-refractivity contribution is 6.01. The Kier molecular flexibility index (Phi) is 4.16. The molecular weight excluding hydrogens is 328 g/mol. The Morgan fingerprint density at radius 1 is 1.12 bits per heavy atom. The molecule has 4 rings (SSSR count). The van der Waals surface area contributed by atoms with Crippen LogP contribution in [0.1, 0.15) is 48.9 Å². The lowest BCUT2D eigenvalue weighted by Gasteiger charge is -2.12. The summed E-state index contributed by atoms with van der Waals surface area (Å²) in [4.78, 5) is 0. The van der Waals surface area contributed by atoms with Crippen molar-refractivity contribution >= 4 is 5.71 Å². The summed E-state index contributed by atoms with van der Waals surface area (Å²) in [6.45, 7) is 4.39. The fraction of sp³-hybridized carbons (Fsp3) is 0.250. The van der Waals surface area contributed by atoms with E-state index in [1.807, 2.05) is 24.3 Å². The van der Waals surface area contributed by atoms with E-state index in [0.29, 0.717) is 5.92 Å². The Bertz CT molecular complexity index is 927. The van der Waals surface area contributed by atoms with Gasteiger partial charge in [-0.15, -0.1) is 0 Å². The summed E-state index contributed by atoms with van der Waals surface area (Å²) < 4.78 is 5.98. The van der Waals surface area contributed by atoms with Crippen LogP contribution in [0.4, 0.5) is 0 Å². The van der Waals surface area contributed by atoms with E-state index in [-0.39, 0.29) is 6.04 Å². The lowest BCUT2D eigenvalue weighted by Crippen LogP contribution is -2.31. The van der Waals surface area contributed by atoms with E-state index in [0.717, 1.165) is 23.4 Å². The Balaban J connectivity index is 1.46. The summed E-state index contributed by atoms with van der Waals surface area (Å²) in [6, 6.07) is 16.7. The Labute approximate surface area is 151 Å². The average molecular weight is 348 g/mol. The summed E-state index contributed by atoms with van der Waals surface area (Å²) in [7, 11) is 0. The number of hydrogen-bond donors (Lipinski definition) is 1. The van der Waals surface area contributed by atoms with Crippen LogP contribution in [0.15, 0.2) is 64.4 Å². The van der Waals surface area contributed by atoms with Gasteiger partial charge in [-0.2, -0.15) is 5.10 Å². The van der Waals surface area contributed by atoms with Crippen molar-refractivity contribution in [3.05, 3.63) is 71.4 Å². The molecule has 1 unspecified atom stereocenters. The SMILES string of the molecule is CC(C)c1ccc(C2CC(c3ccc(-[n+]4cc([O-])on4)cc3)=NN2)cc1. The fourth-order valence-electron chi connectivity index (χ4n) is 3.09. The van der Waals surface area contributed by atoms with Crippen molar-refractivity contribution in [1.82, 2.24) is 10.7 Å². The van der Waals surface area contributed by atoms with Crippen LogP contribution in [0.25, 0.3) is 5.69 Å². The highest BCUT2D eigenvalue weighted by atomic mass is 16.6. The van der Waals surface area contributed by atoms with Gasteiger partial charge in [-0.1, -0.05) is 38.1 Å². The van der Waals surface area contributed by atoms with Crippen molar-refractivity contribution in [3.63, 3.8) is 0 Å². The molecule has 0 aliphatic carbocycles. The van der Waals surface area contributed by atoms with Gasteiger partial charge in [-0.25, -0.2) is 0 Å². The summed E-state index contributed by atoms with van der Waals surface area (Å²) in [5.74, 6) is 0.0657. The van der Waals surface area contributed by atoms with Crippen LogP contribution in [-0.2, 0) is 0 Å². The van der Waals surface area contributed by atoms with Gasteiger partial charge in [0.2, 0.25) is 11.9 Å². The van der Waals surface area contributed by atoms with E-state index >= 15 is 0 Å². The van der Waals surface area contributed by atoms with Crippen LogP contribution in [0.5, 0.6) is 5.95 Å². The molecule has 1 N–H and O–H groups in total. The molecule has 3 aromatic rings. The minimum absolute atomic E-state index is 0.193. The Morgan fingerprint density at radius 3 is 2.46 bits per heavy atom. The molecule has 6 heteroatoms. The molecule has 0 bridgehead atoms. The fourth-order valence-corrected chi connectivity index (χ4v) is 3.09. The molecule has 1 aromatic heterocycles. The quantitative estimate of drug-likeness (QED) is 0.735. The predicted molar refractivity (Wildman–Crippen MR) is 95.0 cm³/mol. The molecule has 0 saturated heterocycles. The molecule has 1 aliphatic rings. The number of nitrogens with one attached hydrogen (secondary N) is 1. The van der Waals surface area contributed by atoms with Crippen molar-refractivity contribution in [3.8, 4) is 11.6 Å². The largest absolute Gasteiger partial charge is 0.539 e. The maximum Gasteiger partial charge on any atom is 0.239 e. The lowest BCUT2D eigenvalue weighted by molar-refractivity contribution is -0.670. The first-order chi connectivity index (χ1) is 12.6. The second kappa shape index (κ2) is 6.63. The molecule has 132 valence electrons. The van der Waals surface area contributed by atoms with E-state index < -0.39 is 5.95 Å². The molecule has 0 saturated carbocycles. The Morgan fingerprint density at radius 2 is 1.85 bits per heavy atom. The van der Waals surface area contributed by atoms with Crippen molar-refractivity contribution in [1.29, 1.82) is 0 Å². The molecular formula is C20H20N4O2. The van der Waals surface area contributed by atoms with Crippen molar-refractivity contribution in [2.45, 2.75) is 32.2 Å². The zero-order valence-electron chi connectivity index (χ0n) is 14.7. The third kappa shape index (κ3) is 3.18. The summed E-state index contributed by atoms with van der Waals surface area (Å²) in [5, 5.41) is 19.3. The zero-order chi connectivity index (χ0) is 18.1. The first-order valence-corrected chi connectivity index (χ1v) is 8.68. The number of rotatable bonds is 4. The molecule has 0 radical (unpaired) electrons. The first-order valence-electron chi connectivity index (χ1n) is 8.68. The normalized spacial score (nSPS) is 16.6. The van der Waals surface area contributed by atoms with E-state index in [1.165, 1.54) is 22.0 Å². The number of hydrazone groups is 1. The van der Waals surface area contributed by atoms with Gasteiger partial charge in [-0.3, -0.25) is 0 Å². The first kappa shape index (κ1) is 16.3. The number of nitrogens with zero attached hydrogens (tertiary/aromatic N) is 3. The maximum absolute atomic E-state index is 11.1. The van der Waals surface area contributed by atoms with Gasteiger partial charge < -0.3 is 15.1 Å². The second-order valence-electron chi connectivity index (χ2n) is 6.78. The van der Waals surface area contributed by atoms with Gasteiger partial charge in [0.05, 0.1) is 17.0 Å². The van der Waals surface area contributed by atoms with Crippen molar-refractivity contribution in [2.24, 2.45) is 5.10 Å². The minimum atomic E-state index is -0.468. The smallest absolute Gasteiger partial charge is 0.239 e. The molecule has 0 spiro atoms. The molecule has 6 nitrogen and oxygen atoms in total. The second-order valence-corrected chi connectivity index (χ2v) is 6.78. The zero-order valence-corrected chi connectivity index (χ0v) is 14.7. The number of aromatic nitrogens is 2. The molecule has 26 heavy (non-hydrogen) atoms. The Hall–Kier alpha value is -3.15. The van der Waals surface area contributed by atoms with Gasteiger partial charge in [0.15, 0.2) is 0 Å². The monoisotopic (exact) mass is 348 g/mol. The summed E-state index contributed by atoms with van der Waals surface area (Å²) in [6.07, 6.45) is 2.14. The molecule has 2 aromatic carbocycles. The average Bonchev–Trinajstić information content (AvgIpc) is 3.31. The van der Waals surface area contributed by atoms with E-state index in [9.17, 15) is 5.11 Å².